The number of amides is 1. The molecule has 0 fully saturated rings. The van der Waals surface area contributed by atoms with Crippen LogP contribution in [0.3, 0.4) is 0 Å². The summed E-state index contributed by atoms with van der Waals surface area (Å²) in [6.07, 6.45) is 5.97. The molecule has 0 aromatic heterocycles. The van der Waals surface area contributed by atoms with E-state index in [4.69, 9.17) is 5.73 Å². The summed E-state index contributed by atoms with van der Waals surface area (Å²) in [6.45, 7) is 1.40. The van der Waals surface area contributed by atoms with Gasteiger partial charge in [0.2, 0.25) is 5.91 Å². The largest absolute Gasteiger partial charge is 0.507 e. The van der Waals surface area contributed by atoms with Gasteiger partial charge < -0.3 is 26.5 Å². The first-order chi connectivity index (χ1) is 15.2. The summed E-state index contributed by atoms with van der Waals surface area (Å²) >= 11 is 0. The van der Waals surface area contributed by atoms with Crippen LogP contribution in [0, 0.1) is 17.8 Å². The summed E-state index contributed by atoms with van der Waals surface area (Å²) in [5.74, 6) is -2.69. The lowest BCUT2D eigenvalue weighted by Gasteiger charge is -2.32. The Morgan fingerprint density at radius 2 is 1.97 bits per heavy atom. The SMILES string of the molecule is CC1=CCC(c2ccc(O)c3c2CC(CC(CCO)C(CO)C(=O)CC(N)=O)CC3=O)=C1.O.[HH].[HH]. The number of rotatable bonds is 10. The Morgan fingerprint density at radius 3 is 2.55 bits per heavy atom. The van der Waals surface area contributed by atoms with Crippen LogP contribution in [0.5, 0.6) is 5.75 Å². The van der Waals surface area contributed by atoms with Crippen molar-refractivity contribution in [2.24, 2.45) is 23.5 Å². The number of phenols is 1. The van der Waals surface area contributed by atoms with Gasteiger partial charge in [-0.2, -0.15) is 0 Å². The van der Waals surface area contributed by atoms with Crippen LogP contribution in [0.2, 0.25) is 0 Å². The van der Waals surface area contributed by atoms with Gasteiger partial charge in [-0.25, -0.2) is 0 Å². The Labute approximate surface area is 196 Å². The van der Waals surface area contributed by atoms with Crippen LogP contribution in [0.15, 0.2) is 29.9 Å². The minimum Gasteiger partial charge on any atom is -0.507 e. The Balaban J connectivity index is 0.00000385. The highest BCUT2D eigenvalue weighted by atomic mass is 16.3. The number of phenolic OH excluding ortho intramolecular Hbond substituents is 1. The van der Waals surface area contributed by atoms with E-state index >= 15 is 0 Å². The van der Waals surface area contributed by atoms with E-state index in [9.17, 15) is 29.7 Å². The van der Waals surface area contributed by atoms with E-state index in [1.165, 1.54) is 0 Å². The number of carbonyl (C=O) groups is 3. The van der Waals surface area contributed by atoms with E-state index < -0.39 is 30.6 Å². The molecular formula is C25H37NO7. The van der Waals surface area contributed by atoms with E-state index in [2.05, 4.69) is 12.2 Å². The molecule has 0 bridgehead atoms. The van der Waals surface area contributed by atoms with Gasteiger partial charge in [0.05, 0.1) is 18.6 Å². The number of fused-ring (bicyclic) bond motifs is 1. The third kappa shape index (κ3) is 5.96. The fourth-order valence-electron chi connectivity index (χ4n) is 5.10. The van der Waals surface area contributed by atoms with Crippen molar-refractivity contribution in [2.75, 3.05) is 13.2 Å². The number of nitrogens with two attached hydrogens (primary N) is 1. The molecule has 3 atom stereocenters. The van der Waals surface area contributed by atoms with E-state index in [0.29, 0.717) is 18.4 Å². The highest BCUT2D eigenvalue weighted by Crippen LogP contribution is 2.41. The van der Waals surface area contributed by atoms with Gasteiger partial charge in [-0.15, -0.1) is 0 Å². The second-order valence-corrected chi connectivity index (χ2v) is 8.91. The first kappa shape index (κ1) is 26.4. The van der Waals surface area contributed by atoms with Gasteiger partial charge in [-0.1, -0.05) is 23.8 Å². The monoisotopic (exact) mass is 463 g/mol. The summed E-state index contributed by atoms with van der Waals surface area (Å²) in [6, 6.07) is 3.42. The summed E-state index contributed by atoms with van der Waals surface area (Å²) in [7, 11) is 0. The number of allylic oxidation sites excluding steroid dienone is 4. The third-order valence-electron chi connectivity index (χ3n) is 6.59. The zero-order chi connectivity index (χ0) is 23.4. The predicted molar refractivity (Wildman–Crippen MR) is 128 cm³/mol. The Bertz CT molecular complexity index is 990. The Kier molecular flexibility index (Phi) is 9.10. The van der Waals surface area contributed by atoms with E-state index in [-0.39, 0.29) is 51.1 Å². The maximum Gasteiger partial charge on any atom is 0.224 e. The number of Topliss-reactive ketones (excluding diaryl/α,β-unsaturated/α-hetero) is 2. The number of primary amides is 1. The molecule has 0 spiro atoms. The van der Waals surface area contributed by atoms with E-state index in [0.717, 1.165) is 28.7 Å². The molecule has 7 N–H and O–H groups in total. The number of aliphatic hydroxyl groups is 2. The summed E-state index contributed by atoms with van der Waals surface area (Å²) < 4.78 is 0. The molecule has 0 aliphatic heterocycles. The standard InChI is InChI=1S/C25H31NO6.H2O.2H2/c1-14-2-3-16(8-14)18-4-5-21(29)25-19(18)10-15(11-23(25)31)9-17(6-7-27)20(13-28)22(30)12-24(26)32;;;/h2,4-5,8,15,17,20,27-29H,3,6-7,9-13H2,1H3,(H2,26,32);1H2;2*1H. The molecule has 1 aromatic rings. The van der Waals surface area contributed by atoms with Gasteiger partial charge in [0.25, 0.3) is 0 Å². The normalized spacial score (nSPS) is 19.1. The summed E-state index contributed by atoms with van der Waals surface area (Å²) in [5.41, 5.74) is 9.53. The smallest absolute Gasteiger partial charge is 0.224 e. The number of carbonyl (C=O) groups excluding carboxylic acids is 3. The summed E-state index contributed by atoms with van der Waals surface area (Å²) in [4.78, 5) is 36.6. The van der Waals surface area contributed by atoms with Gasteiger partial charge >= 0.3 is 0 Å². The van der Waals surface area contributed by atoms with Crippen LogP contribution < -0.4 is 5.73 Å². The molecule has 0 heterocycles. The van der Waals surface area contributed by atoms with Crippen molar-refractivity contribution >= 4 is 23.0 Å². The molecule has 1 amide bonds. The minimum absolute atomic E-state index is 0. The number of aliphatic hydroxyl groups excluding tert-OH is 2. The van der Waals surface area contributed by atoms with Crippen LogP contribution in [0.1, 0.15) is 63.4 Å². The molecule has 8 nitrogen and oxygen atoms in total. The van der Waals surface area contributed by atoms with Gasteiger partial charge in [0.15, 0.2) is 5.78 Å². The van der Waals surface area contributed by atoms with Crippen LogP contribution in [0.4, 0.5) is 0 Å². The fourth-order valence-corrected chi connectivity index (χ4v) is 5.10. The lowest BCUT2D eigenvalue weighted by Crippen LogP contribution is -2.33. The number of benzene rings is 1. The van der Waals surface area contributed by atoms with E-state index in [1.807, 2.05) is 13.0 Å². The molecule has 0 radical (unpaired) electrons. The van der Waals surface area contributed by atoms with Gasteiger partial charge in [-0.3, -0.25) is 14.4 Å². The quantitative estimate of drug-likeness (QED) is 0.387. The lowest BCUT2D eigenvalue weighted by atomic mass is 9.72. The number of ketones is 2. The van der Waals surface area contributed by atoms with Crippen molar-refractivity contribution in [3.8, 4) is 5.75 Å². The molecule has 8 heteroatoms. The van der Waals surface area contributed by atoms with Gasteiger partial charge in [0, 0.05) is 21.8 Å². The zero-order valence-electron chi connectivity index (χ0n) is 18.8. The van der Waals surface area contributed by atoms with Crippen molar-refractivity contribution in [3.63, 3.8) is 0 Å². The van der Waals surface area contributed by atoms with Crippen LogP contribution in [-0.2, 0) is 16.0 Å². The minimum atomic E-state index is -0.820. The van der Waals surface area contributed by atoms with Crippen LogP contribution in [0.25, 0.3) is 5.57 Å². The molecule has 3 rings (SSSR count). The highest BCUT2D eigenvalue weighted by Gasteiger charge is 2.35. The van der Waals surface area contributed by atoms with E-state index in [1.54, 1.807) is 6.07 Å². The Hall–Kier alpha value is -2.81. The third-order valence-corrected chi connectivity index (χ3v) is 6.59. The number of aromatic hydroxyl groups is 1. The van der Waals surface area contributed by atoms with Crippen molar-refractivity contribution < 1.29 is 38.0 Å². The van der Waals surface area contributed by atoms with Gasteiger partial charge in [0.1, 0.15) is 11.5 Å². The summed E-state index contributed by atoms with van der Waals surface area (Å²) in [5, 5.41) is 29.7. The first-order valence-electron chi connectivity index (χ1n) is 11.0. The van der Waals surface area contributed by atoms with Crippen LogP contribution >= 0.6 is 0 Å². The second-order valence-electron chi connectivity index (χ2n) is 8.91. The Morgan fingerprint density at radius 1 is 1.24 bits per heavy atom. The molecule has 3 unspecified atom stereocenters. The first-order valence-corrected chi connectivity index (χ1v) is 11.0. The van der Waals surface area contributed by atoms with Crippen molar-refractivity contribution in [1.29, 1.82) is 0 Å². The molecule has 2 aliphatic carbocycles. The maximum atomic E-state index is 13.0. The second kappa shape index (κ2) is 11.4. The fraction of sp³-hybridized carbons (Fsp3) is 0.480. The topological polar surface area (TPSA) is 169 Å². The molecule has 2 aliphatic rings. The van der Waals surface area contributed by atoms with Gasteiger partial charge in [-0.05, 0) is 67.2 Å². The zero-order valence-corrected chi connectivity index (χ0v) is 18.8. The average Bonchev–Trinajstić information content (AvgIpc) is 3.14. The molecule has 184 valence electrons. The predicted octanol–water partition coefficient (Wildman–Crippen LogP) is 1.98. The molecule has 33 heavy (non-hydrogen) atoms. The number of hydrogen-bond donors (Lipinski definition) is 4. The van der Waals surface area contributed by atoms with Crippen molar-refractivity contribution in [1.82, 2.24) is 0 Å². The molecule has 1 aromatic carbocycles. The van der Waals surface area contributed by atoms with Crippen molar-refractivity contribution in [2.45, 2.75) is 45.4 Å². The number of hydrogen-bond acceptors (Lipinski definition) is 6. The molecule has 0 saturated carbocycles. The van der Waals surface area contributed by atoms with Crippen LogP contribution in [-0.4, -0.2) is 51.5 Å². The maximum absolute atomic E-state index is 13.0. The van der Waals surface area contributed by atoms with Crippen molar-refractivity contribution in [3.05, 3.63) is 46.5 Å². The molecule has 0 saturated heterocycles. The lowest BCUT2D eigenvalue weighted by molar-refractivity contribution is -0.131. The molecular weight excluding hydrogens is 426 g/mol. The average molecular weight is 464 g/mol. The highest BCUT2D eigenvalue weighted by molar-refractivity contribution is 6.02.